The van der Waals surface area contributed by atoms with Crippen LogP contribution in [0.2, 0.25) is 0 Å². The number of benzene rings is 1. The second-order valence-corrected chi connectivity index (χ2v) is 9.08. The molecule has 172 valence electrons. The van der Waals surface area contributed by atoms with E-state index >= 15 is 0 Å². The van der Waals surface area contributed by atoms with Crippen molar-refractivity contribution in [2.45, 2.75) is 71.6 Å². The lowest BCUT2D eigenvalue weighted by Crippen LogP contribution is -2.49. The molecule has 0 saturated heterocycles. The normalized spacial score (nSPS) is 18.6. The molecular formula is C23H35N3O5. The summed E-state index contributed by atoms with van der Waals surface area (Å²) in [5.41, 5.74) is -0.0671. The molecule has 1 aliphatic rings. The van der Waals surface area contributed by atoms with Gasteiger partial charge in [0.25, 0.3) is 0 Å². The first-order chi connectivity index (χ1) is 14.5. The maximum atomic E-state index is 13.2. The molecule has 2 rings (SSSR count). The number of nitrogens with zero attached hydrogens (tertiary/aromatic N) is 1. The SMILES string of the molecule is CCCCNC(=O)C(c1ccc(O)cc1)N(C(=O)CNC(=O)OC(C)(C)C)C1CC1C. The van der Waals surface area contributed by atoms with Gasteiger partial charge in [-0.25, -0.2) is 4.79 Å². The molecule has 0 bridgehead atoms. The Labute approximate surface area is 184 Å². The quantitative estimate of drug-likeness (QED) is 0.519. The number of aromatic hydroxyl groups is 1. The maximum absolute atomic E-state index is 13.2. The van der Waals surface area contributed by atoms with E-state index < -0.39 is 17.7 Å². The summed E-state index contributed by atoms with van der Waals surface area (Å²) in [5.74, 6) is -0.292. The van der Waals surface area contributed by atoms with Crippen molar-refractivity contribution in [2.24, 2.45) is 5.92 Å². The first kappa shape index (κ1) is 24.5. The number of nitrogens with one attached hydrogen (secondary N) is 2. The molecule has 1 aliphatic carbocycles. The van der Waals surface area contributed by atoms with Gasteiger partial charge in [-0.2, -0.15) is 0 Å². The highest BCUT2D eigenvalue weighted by atomic mass is 16.6. The predicted octanol–water partition coefficient (Wildman–Crippen LogP) is 3.11. The number of alkyl carbamates (subject to hydrolysis) is 1. The summed E-state index contributed by atoms with van der Waals surface area (Å²) in [5, 5.41) is 15.1. The molecule has 0 spiro atoms. The molecule has 3 N–H and O–H groups in total. The number of rotatable bonds is 9. The summed E-state index contributed by atoms with van der Waals surface area (Å²) >= 11 is 0. The van der Waals surface area contributed by atoms with Crippen molar-refractivity contribution in [3.8, 4) is 5.75 Å². The van der Waals surface area contributed by atoms with Crippen LogP contribution in [0.15, 0.2) is 24.3 Å². The lowest BCUT2D eigenvalue weighted by molar-refractivity contribution is -0.141. The van der Waals surface area contributed by atoms with Gasteiger partial charge in [-0.05, 0) is 57.2 Å². The molecule has 1 saturated carbocycles. The Morgan fingerprint density at radius 1 is 1.19 bits per heavy atom. The number of amides is 3. The minimum Gasteiger partial charge on any atom is -0.508 e. The molecule has 0 radical (unpaired) electrons. The first-order valence-electron chi connectivity index (χ1n) is 10.9. The highest BCUT2D eigenvalue weighted by molar-refractivity contribution is 5.91. The van der Waals surface area contributed by atoms with E-state index in [0.29, 0.717) is 12.1 Å². The van der Waals surface area contributed by atoms with Gasteiger partial charge in [0.2, 0.25) is 11.8 Å². The van der Waals surface area contributed by atoms with Gasteiger partial charge in [0.15, 0.2) is 0 Å². The van der Waals surface area contributed by atoms with Gasteiger partial charge in [-0.3, -0.25) is 9.59 Å². The smallest absolute Gasteiger partial charge is 0.408 e. The number of hydrogen-bond donors (Lipinski definition) is 3. The van der Waals surface area contributed by atoms with Gasteiger partial charge in [0.05, 0.1) is 0 Å². The van der Waals surface area contributed by atoms with Gasteiger partial charge in [0.1, 0.15) is 23.9 Å². The topological polar surface area (TPSA) is 108 Å². The average molecular weight is 434 g/mol. The van der Waals surface area contributed by atoms with Crippen molar-refractivity contribution in [3.63, 3.8) is 0 Å². The molecule has 1 fully saturated rings. The van der Waals surface area contributed by atoms with Crippen LogP contribution in [0.25, 0.3) is 0 Å². The van der Waals surface area contributed by atoms with Crippen molar-refractivity contribution < 1.29 is 24.2 Å². The third kappa shape index (κ3) is 7.45. The van der Waals surface area contributed by atoms with Gasteiger partial charge >= 0.3 is 6.09 Å². The van der Waals surface area contributed by atoms with E-state index in [0.717, 1.165) is 19.3 Å². The fourth-order valence-electron chi connectivity index (χ4n) is 3.34. The highest BCUT2D eigenvalue weighted by Gasteiger charge is 2.46. The third-order valence-electron chi connectivity index (χ3n) is 5.06. The number of carbonyl (C=O) groups is 3. The second-order valence-electron chi connectivity index (χ2n) is 9.08. The van der Waals surface area contributed by atoms with Crippen molar-refractivity contribution in [3.05, 3.63) is 29.8 Å². The van der Waals surface area contributed by atoms with Crippen molar-refractivity contribution in [2.75, 3.05) is 13.1 Å². The number of ether oxygens (including phenoxy) is 1. The van der Waals surface area contributed by atoms with Crippen LogP contribution in [0, 0.1) is 5.92 Å². The number of phenols is 1. The van der Waals surface area contributed by atoms with E-state index in [1.807, 2.05) is 13.8 Å². The summed E-state index contributed by atoms with van der Waals surface area (Å²) in [6.07, 6.45) is 1.88. The molecule has 0 aliphatic heterocycles. The first-order valence-corrected chi connectivity index (χ1v) is 10.9. The Hall–Kier alpha value is -2.77. The fourth-order valence-corrected chi connectivity index (χ4v) is 3.34. The van der Waals surface area contributed by atoms with E-state index in [-0.39, 0.29) is 36.1 Å². The van der Waals surface area contributed by atoms with Gasteiger partial charge in [0, 0.05) is 12.6 Å². The number of carbonyl (C=O) groups excluding carboxylic acids is 3. The Morgan fingerprint density at radius 2 is 1.81 bits per heavy atom. The summed E-state index contributed by atoms with van der Waals surface area (Å²) in [6, 6.07) is 5.35. The molecule has 0 aromatic heterocycles. The standard InChI is InChI=1S/C23H35N3O5/c1-6-7-12-24-21(29)20(16-8-10-17(27)11-9-16)26(18-13-15(18)2)19(28)14-25-22(30)31-23(3,4)5/h8-11,15,18,20,27H,6-7,12-14H2,1-5H3,(H,24,29)(H,25,30). The molecule has 3 unspecified atom stereocenters. The van der Waals surface area contributed by atoms with Crippen LogP contribution < -0.4 is 10.6 Å². The number of unbranched alkanes of at least 4 members (excludes halogenated alkanes) is 1. The van der Waals surface area contributed by atoms with Crippen LogP contribution in [-0.4, -0.2) is 52.6 Å². The Morgan fingerprint density at radius 3 is 2.32 bits per heavy atom. The zero-order valence-electron chi connectivity index (χ0n) is 19.1. The highest BCUT2D eigenvalue weighted by Crippen LogP contribution is 2.40. The molecule has 1 aromatic carbocycles. The Bertz CT molecular complexity index is 772. The monoisotopic (exact) mass is 433 g/mol. The van der Waals surface area contributed by atoms with Crippen LogP contribution in [0.1, 0.15) is 65.5 Å². The maximum Gasteiger partial charge on any atom is 0.408 e. The van der Waals surface area contributed by atoms with Crippen LogP contribution >= 0.6 is 0 Å². The average Bonchev–Trinajstić information content (AvgIpc) is 3.39. The molecule has 3 amide bonds. The third-order valence-corrected chi connectivity index (χ3v) is 5.06. The Kier molecular flexibility index (Phi) is 8.30. The van der Waals surface area contributed by atoms with Gasteiger partial charge < -0.3 is 25.4 Å². The van der Waals surface area contributed by atoms with E-state index in [4.69, 9.17) is 4.74 Å². The minimum absolute atomic E-state index is 0.0816. The molecule has 8 heteroatoms. The van der Waals surface area contributed by atoms with Crippen LogP contribution in [0.5, 0.6) is 5.75 Å². The van der Waals surface area contributed by atoms with Crippen LogP contribution in [0.3, 0.4) is 0 Å². The predicted molar refractivity (Wildman–Crippen MR) is 117 cm³/mol. The van der Waals surface area contributed by atoms with E-state index in [2.05, 4.69) is 10.6 Å². The second kappa shape index (κ2) is 10.5. The van der Waals surface area contributed by atoms with Gasteiger partial charge in [-0.1, -0.05) is 32.4 Å². The number of hydrogen-bond acceptors (Lipinski definition) is 5. The van der Waals surface area contributed by atoms with E-state index in [1.54, 1.807) is 37.8 Å². The van der Waals surface area contributed by atoms with Crippen molar-refractivity contribution in [1.29, 1.82) is 0 Å². The van der Waals surface area contributed by atoms with Gasteiger partial charge in [-0.15, -0.1) is 0 Å². The van der Waals surface area contributed by atoms with Crippen molar-refractivity contribution >= 4 is 17.9 Å². The Balaban J connectivity index is 2.24. The van der Waals surface area contributed by atoms with E-state index in [1.165, 1.54) is 12.1 Å². The van der Waals surface area contributed by atoms with Crippen LogP contribution in [0.4, 0.5) is 4.79 Å². The fraction of sp³-hybridized carbons (Fsp3) is 0.609. The summed E-state index contributed by atoms with van der Waals surface area (Å²) in [7, 11) is 0. The number of phenolic OH excluding ortho intramolecular Hbond substituents is 1. The molecule has 8 nitrogen and oxygen atoms in total. The lowest BCUT2D eigenvalue weighted by atomic mass is 10.0. The van der Waals surface area contributed by atoms with Crippen molar-refractivity contribution in [1.82, 2.24) is 15.5 Å². The lowest BCUT2D eigenvalue weighted by Gasteiger charge is -2.32. The largest absolute Gasteiger partial charge is 0.508 e. The molecule has 1 aromatic rings. The van der Waals surface area contributed by atoms with E-state index in [9.17, 15) is 19.5 Å². The summed E-state index contributed by atoms with van der Waals surface area (Å²) < 4.78 is 5.21. The van der Waals surface area contributed by atoms with Crippen LogP contribution in [-0.2, 0) is 14.3 Å². The summed E-state index contributed by atoms with van der Waals surface area (Å²) in [6.45, 7) is 9.54. The molecule has 31 heavy (non-hydrogen) atoms. The molecular weight excluding hydrogens is 398 g/mol. The molecule has 3 atom stereocenters. The molecule has 0 heterocycles. The minimum atomic E-state index is -0.847. The summed E-state index contributed by atoms with van der Waals surface area (Å²) in [4.78, 5) is 39.9. The zero-order valence-corrected chi connectivity index (χ0v) is 19.1. The zero-order chi connectivity index (χ0) is 23.2.